The molecule has 2 aromatic rings. The summed E-state index contributed by atoms with van der Waals surface area (Å²) in [6.07, 6.45) is 2.10. The lowest BCUT2D eigenvalue weighted by atomic mass is 10.1. The van der Waals surface area contributed by atoms with Gasteiger partial charge in [-0.3, -0.25) is 0 Å². The lowest BCUT2D eigenvalue weighted by Crippen LogP contribution is -2.49. The minimum absolute atomic E-state index is 0.135. The summed E-state index contributed by atoms with van der Waals surface area (Å²) in [4.78, 5) is 11.0. The maximum atomic E-state index is 12.4. The van der Waals surface area contributed by atoms with Gasteiger partial charge in [0.2, 0.25) is 10.0 Å². The Bertz CT molecular complexity index is 833. The van der Waals surface area contributed by atoms with Crippen molar-refractivity contribution >= 4 is 26.7 Å². The number of piperazine rings is 1. The van der Waals surface area contributed by atoms with Gasteiger partial charge in [0, 0.05) is 45.3 Å². The molecule has 1 aliphatic rings. The molecule has 1 aromatic heterocycles. The molecule has 1 aliphatic heterocycles. The zero-order valence-electron chi connectivity index (χ0n) is 14.7. The van der Waals surface area contributed by atoms with Gasteiger partial charge in [-0.05, 0) is 25.0 Å². The van der Waals surface area contributed by atoms with Gasteiger partial charge in [0.05, 0.1) is 11.3 Å². The monoisotopic (exact) mass is 364 g/mol. The number of benzene rings is 1. The number of aromatic nitrogens is 2. The summed E-state index contributed by atoms with van der Waals surface area (Å²) in [5, 5.41) is 1.01. The first-order valence-corrected chi connectivity index (χ1v) is 10.1. The highest BCUT2D eigenvalue weighted by Crippen LogP contribution is 2.26. The van der Waals surface area contributed by atoms with Crippen LogP contribution in [0.5, 0.6) is 0 Å². The van der Waals surface area contributed by atoms with Gasteiger partial charge in [-0.15, -0.1) is 0 Å². The van der Waals surface area contributed by atoms with Crippen molar-refractivity contribution in [2.45, 2.75) is 13.3 Å². The summed E-state index contributed by atoms with van der Waals surface area (Å²) in [7, 11) is -1.63. The molecule has 136 valence electrons. The molecule has 0 bridgehead atoms. The average molecular weight is 364 g/mol. The van der Waals surface area contributed by atoms with Crippen LogP contribution in [-0.4, -0.2) is 68.3 Å². The Morgan fingerprint density at radius 1 is 1.16 bits per heavy atom. The van der Waals surface area contributed by atoms with Crippen molar-refractivity contribution in [2.75, 3.05) is 50.5 Å². The van der Waals surface area contributed by atoms with Crippen LogP contribution in [0.2, 0.25) is 0 Å². The van der Waals surface area contributed by atoms with Crippen LogP contribution >= 0.6 is 0 Å². The lowest BCUT2D eigenvalue weighted by Gasteiger charge is -2.35. The molecule has 1 aromatic carbocycles. The number of aryl methyl sites for hydroxylation is 1. The fourth-order valence-electron chi connectivity index (χ4n) is 3.17. The molecule has 0 aliphatic carbocycles. The molecule has 0 amide bonds. The van der Waals surface area contributed by atoms with E-state index in [1.807, 2.05) is 25.1 Å². The van der Waals surface area contributed by atoms with Crippen LogP contribution < -0.4 is 4.90 Å². The standard InChI is InChI=1S/C17H24N4O3S/c1-14-5-3-6-15-16(14)18-13-19-17(15)20-7-9-21(10-8-20)25(22,23)12-4-11-24-2/h3,5-6,13H,4,7-12H2,1-2H3. The third kappa shape index (κ3) is 3.91. The number of para-hydroxylation sites is 1. The second-order valence-electron chi connectivity index (χ2n) is 6.22. The molecule has 25 heavy (non-hydrogen) atoms. The molecule has 8 heteroatoms. The Morgan fingerprint density at radius 3 is 2.64 bits per heavy atom. The third-order valence-electron chi connectivity index (χ3n) is 4.53. The number of anilines is 1. The van der Waals surface area contributed by atoms with Gasteiger partial charge in [0.15, 0.2) is 0 Å². The van der Waals surface area contributed by atoms with Gasteiger partial charge in [0.25, 0.3) is 0 Å². The molecule has 2 heterocycles. The molecule has 0 N–H and O–H groups in total. The summed E-state index contributed by atoms with van der Waals surface area (Å²) >= 11 is 0. The van der Waals surface area contributed by atoms with Crippen LogP contribution in [0.25, 0.3) is 10.9 Å². The van der Waals surface area contributed by atoms with Gasteiger partial charge in [-0.25, -0.2) is 18.4 Å². The molecule has 7 nitrogen and oxygen atoms in total. The van der Waals surface area contributed by atoms with E-state index in [2.05, 4.69) is 14.9 Å². The Kier molecular flexibility index (Phi) is 5.51. The normalized spacial score (nSPS) is 16.5. The Labute approximate surface area is 148 Å². The van der Waals surface area contributed by atoms with Crippen LogP contribution in [0.4, 0.5) is 5.82 Å². The van der Waals surface area contributed by atoms with E-state index >= 15 is 0 Å². The molecule has 0 unspecified atom stereocenters. The fourth-order valence-corrected chi connectivity index (χ4v) is 4.63. The molecule has 3 rings (SSSR count). The van der Waals surface area contributed by atoms with E-state index in [1.165, 1.54) is 0 Å². The van der Waals surface area contributed by atoms with Crippen molar-refractivity contribution in [3.8, 4) is 0 Å². The first-order valence-electron chi connectivity index (χ1n) is 8.45. The summed E-state index contributed by atoms with van der Waals surface area (Å²) in [5.41, 5.74) is 2.06. The minimum atomic E-state index is -3.22. The summed E-state index contributed by atoms with van der Waals surface area (Å²) in [5.74, 6) is 1.02. The van der Waals surface area contributed by atoms with Gasteiger partial charge < -0.3 is 9.64 Å². The summed E-state index contributed by atoms with van der Waals surface area (Å²) in [6.45, 7) is 4.71. The maximum Gasteiger partial charge on any atom is 0.214 e. The smallest absolute Gasteiger partial charge is 0.214 e. The van der Waals surface area contributed by atoms with Crippen molar-refractivity contribution < 1.29 is 13.2 Å². The van der Waals surface area contributed by atoms with Crippen LogP contribution in [0, 0.1) is 6.92 Å². The van der Waals surface area contributed by atoms with Crippen molar-refractivity contribution in [1.82, 2.24) is 14.3 Å². The highest BCUT2D eigenvalue weighted by atomic mass is 32.2. The molecule has 0 saturated carbocycles. The molecule has 0 atom stereocenters. The van der Waals surface area contributed by atoms with Crippen molar-refractivity contribution in [1.29, 1.82) is 0 Å². The minimum Gasteiger partial charge on any atom is -0.385 e. The van der Waals surface area contributed by atoms with E-state index < -0.39 is 10.0 Å². The maximum absolute atomic E-state index is 12.4. The van der Waals surface area contributed by atoms with Crippen molar-refractivity contribution in [3.63, 3.8) is 0 Å². The van der Waals surface area contributed by atoms with E-state index in [1.54, 1.807) is 17.7 Å². The number of hydrogen-bond donors (Lipinski definition) is 0. The molecular formula is C17H24N4O3S. The topological polar surface area (TPSA) is 75.6 Å². The van der Waals surface area contributed by atoms with E-state index in [9.17, 15) is 8.42 Å². The highest BCUT2D eigenvalue weighted by Gasteiger charge is 2.27. The van der Waals surface area contributed by atoms with Gasteiger partial charge in [-0.1, -0.05) is 12.1 Å². The second kappa shape index (κ2) is 7.63. The van der Waals surface area contributed by atoms with Crippen LogP contribution in [0.1, 0.15) is 12.0 Å². The quantitative estimate of drug-likeness (QED) is 0.722. The first-order chi connectivity index (χ1) is 12.0. The molecule has 1 saturated heterocycles. The van der Waals surface area contributed by atoms with Crippen LogP contribution in [-0.2, 0) is 14.8 Å². The van der Waals surface area contributed by atoms with Crippen LogP contribution in [0.15, 0.2) is 24.5 Å². The Balaban J connectivity index is 1.72. The largest absolute Gasteiger partial charge is 0.385 e. The predicted molar refractivity (Wildman–Crippen MR) is 98.3 cm³/mol. The second-order valence-corrected chi connectivity index (χ2v) is 8.31. The Hall–Kier alpha value is -1.77. The van der Waals surface area contributed by atoms with Crippen molar-refractivity contribution in [3.05, 3.63) is 30.1 Å². The number of rotatable bonds is 6. The van der Waals surface area contributed by atoms with Gasteiger partial charge in [-0.2, -0.15) is 4.31 Å². The first kappa shape index (κ1) is 18.0. The number of fused-ring (bicyclic) bond motifs is 1. The van der Waals surface area contributed by atoms with E-state index in [0.717, 1.165) is 22.3 Å². The molecular weight excluding hydrogens is 340 g/mol. The van der Waals surface area contributed by atoms with E-state index in [4.69, 9.17) is 4.74 Å². The lowest BCUT2D eigenvalue weighted by molar-refractivity contribution is 0.199. The predicted octanol–water partition coefficient (Wildman–Crippen LogP) is 1.43. The number of sulfonamides is 1. The average Bonchev–Trinajstić information content (AvgIpc) is 2.62. The number of methoxy groups -OCH3 is 1. The van der Waals surface area contributed by atoms with Crippen molar-refractivity contribution in [2.24, 2.45) is 0 Å². The molecule has 0 radical (unpaired) electrons. The summed E-state index contributed by atoms with van der Waals surface area (Å²) < 4.78 is 31.3. The third-order valence-corrected chi connectivity index (χ3v) is 6.48. The zero-order chi connectivity index (χ0) is 17.9. The van der Waals surface area contributed by atoms with Crippen LogP contribution in [0.3, 0.4) is 0 Å². The number of nitrogens with zero attached hydrogens (tertiary/aromatic N) is 4. The van der Waals surface area contributed by atoms with E-state index in [0.29, 0.717) is 39.2 Å². The Morgan fingerprint density at radius 2 is 1.92 bits per heavy atom. The van der Waals surface area contributed by atoms with Gasteiger partial charge >= 0.3 is 0 Å². The fraction of sp³-hybridized carbons (Fsp3) is 0.529. The number of ether oxygens (including phenoxy) is 1. The zero-order valence-corrected chi connectivity index (χ0v) is 15.5. The number of hydrogen-bond acceptors (Lipinski definition) is 6. The molecule has 1 fully saturated rings. The van der Waals surface area contributed by atoms with E-state index in [-0.39, 0.29) is 5.75 Å². The van der Waals surface area contributed by atoms with Gasteiger partial charge in [0.1, 0.15) is 12.1 Å². The highest BCUT2D eigenvalue weighted by molar-refractivity contribution is 7.89. The summed E-state index contributed by atoms with van der Waals surface area (Å²) in [6, 6.07) is 6.05. The SMILES string of the molecule is COCCCS(=O)(=O)N1CCN(c2ncnc3c(C)cccc23)CC1. The molecule has 0 spiro atoms.